The smallest absolute Gasteiger partial charge is 0.354 e. The largest absolute Gasteiger partial charge is 0.477 e. The molecule has 8 nitrogen and oxygen atoms in total. The van der Waals surface area contributed by atoms with E-state index in [0.29, 0.717) is 11.6 Å². The molecular formula is C17H17N5O3. The first-order valence-electron chi connectivity index (χ1n) is 8.05. The van der Waals surface area contributed by atoms with Gasteiger partial charge in [0, 0.05) is 19.3 Å². The van der Waals surface area contributed by atoms with Crippen LogP contribution in [0.4, 0.5) is 22.1 Å². The molecule has 1 saturated heterocycles. The Kier molecular flexibility index (Phi) is 3.52. The lowest BCUT2D eigenvalue weighted by molar-refractivity contribution is 0.0690. The molecule has 2 aromatic rings. The molecule has 2 N–H and O–H groups in total. The lowest BCUT2D eigenvalue weighted by Gasteiger charge is -2.36. The molecule has 0 saturated carbocycles. The highest BCUT2D eigenvalue weighted by atomic mass is 16.4. The number of rotatable bonds is 2. The number of nitrogens with zero attached hydrogens (tertiary/aromatic N) is 4. The van der Waals surface area contributed by atoms with Crippen LogP contribution in [0.15, 0.2) is 30.5 Å². The van der Waals surface area contributed by atoms with E-state index >= 15 is 0 Å². The van der Waals surface area contributed by atoms with Gasteiger partial charge in [-0.05, 0) is 37.1 Å². The Balaban J connectivity index is 1.76. The Morgan fingerprint density at radius 1 is 1.36 bits per heavy atom. The Labute approximate surface area is 144 Å². The summed E-state index contributed by atoms with van der Waals surface area (Å²) >= 11 is 0. The molecule has 1 fully saturated rings. The predicted octanol–water partition coefficient (Wildman–Crippen LogP) is 2.11. The first-order valence-corrected chi connectivity index (χ1v) is 8.05. The minimum atomic E-state index is -1.11. The number of hydrogen-bond donors (Lipinski definition) is 2. The van der Waals surface area contributed by atoms with E-state index in [0.717, 1.165) is 30.8 Å². The van der Waals surface area contributed by atoms with Gasteiger partial charge in [0.05, 0.1) is 11.7 Å². The van der Waals surface area contributed by atoms with E-state index in [1.165, 1.54) is 0 Å². The van der Waals surface area contributed by atoms with Gasteiger partial charge in [0.15, 0.2) is 11.5 Å². The molecule has 0 aliphatic carbocycles. The molecule has 1 atom stereocenters. The average Bonchev–Trinajstić information content (AvgIpc) is 2.99. The van der Waals surface area contributed by atoms with Crippen LogP contribution >= 0.6 is 0 Å². The van der Waals surface area contributed by atoms with Crippen LogP contribution in [0.2, 0.25) is 0 Å². The molecule has 4 heterocycles. The minimum Gasteiger partial charge on any atom is -0.477 e. The fourth-order valence-corrected chi connectivity index (χ4v) is 3.51. The molecule has 8 heteroatoms. The summed E-state index contributed by atoms with van der Waals surface area (Å²) in [5.41, 5.74) is 1.57. The highest BCUT2D eigenvalue weighted by Gasteiger charge is 2.41. The number of anilines is 3. The second-order valence-corrected chi connectivity index (χ2v) is 6.21. The summed E-state index contributed by atoms with van der Waals surface area (Å²) in [5.74, 6) is -0.260. The zero-order valence-corrected chi connectivity index (χ0v) is 13.6. The standard InChI is InChI=1S/C17H17N5O3/c1-10-8-12(16(23)24)19-15-14(10)21-7-5-11(9-21)22(15)17(25)20-13-4-2-3-6-18-13/h2-4,6,8,11H,5,7,9H2,1H3,(H,23,24)(H,18,20,25). The maximum atomic E-state index is 12.9. The number of aromatic carboxylic acids is 1. The van der Waals surface area contributed by atoms with Gasteiger partial charge < -0.3 is 10.0 Å². The van der Waals surface area contributed by atoms with Crippen molar-refractivity contribution in [2.45, 2.75) is 19.4 Å². The van der Waals surface area contributed by atoms with Gasteiger partial charge in [-0.15, -0.1) is 0 Å². The van der Waals surface area contributed by atoms with Gasteiger partial charge in [-0.1, -0.05) is 6.07 Å². The van der Waals surface area contributed by atoms with Crippen molar-refractivity contribution >= 4 is 29.3 Å². The van der Waals surface area contributed by atoms with Crippen molar-refractivity contribution in [1.82, 2.24) is 9.97 Å². The van der Waals surface area contributed by atoms with Crippen molar-refractivity contribution in [3.8, 4) is 0 Å². The molecule has 2 aromatic heterocycles. The molecule has 0 spiro atoms. The quantitative estimate of drug-likeness (QED) is 0.869. The van der Waals surface area contributed by atoms with Crippen LogP contribution in [0.5, 0.6) is 0 Å². The van der Waals surface area contributed by atoms with Crippen molar-refractivity contribution in [3.63, 3.8) is 0 Å². The number of hydrogen-bond acceptors (Lipinski definition) is 5. The molecule has 2 bridgehead atoms. The van der Waals surface area contributed by atoms with Crippen molar-refractivity contribution in [1.29, 1.82) is 0 Å². The number of carbonyl (C=O) groups excluding carboxylic acids is 1. The number of aromatic nitrogens is 2. The molecule has 25 heavy (non-hydrogen) atoms. The van der Waals surface area contributed by atoms with Crippen molar-refractivity contribution in [3.05, 3.63) is 41.7 Å². The molecule has 0 aromatic carbocycles. The third-order valence-corrected chi connectivity index (χ3v) is 4.58. The number of aryl methyl sites for hydroxylation is 1. The van der Waals surface area contributed by atoms with Crippen LogP contribution in [0.25, 0.3) is 0 Å². The third-order valence-electron chi connectivity index (χ3n) is 4.58. The number of amides is 2. The predicted molar refractivity (Wildman–Crippen MR) is 92.3 cm³/mol. The van der Waals surface area contributed by atoms with Crippen LogP contribution in [-0.2, 0) is 0 Å². The fraction of sp³-hybridized carbons (Fsp3) is 0.294. The second kappa shape index (κ2) is 5.73. The normalized spacial score (nSPS) is 18.0. The average molecular weight is 339 g/mol. The number of urea groups is 1. The van der Waals surface area contributed by atoms with Crippen LogP contribution in [0.3, 0.4) is 0 Å². The Hall–Kier alpha value is -3.16. The zero-order chi connectivity index (χ0) is 17.6. The summed E-state index contributed by atoms with van der Waals surface area (Å²) in [6, 6.07) is 6.43. The van der Waals surface area contributed by atoms with E-state index < -0.39 is 5.97 Å². The topological polar surface area (TPSA) is 98.7 Å². The van der Waals surface area contributed by atoms with Crippen molar-refractivity contribution in [2.75, 3.05) is 28.2 Å². The summed E-state index contributed by atoms with van der Waals surface area (Å²) in [6.07, 6.45) is 2.41. The van der Waals surface area contributed by atoms with E-state index in [1.807, 2.05) is 6.92 Å². The Morgan fingerprint density at radius 2 is 2.20 bits per heavy atom. The fourth-order valence-electron chi connectivity index (χ4n) is 3.51. The molecule has 2 aliphatic heterocycles. The Morgan fingerprint density at radius 3 is 2.92 bits per heavy atom. The van der Waals surface area contributed by atoms with E-state index in [4.69, 9.17) is 0 Å². The Bertz CT molecular complexity index is 855. The lowest BCUT2D eigenvalue weighted by Crippen LogP contribution is -2.48. The highest BCUT2D eigenvalue weighted by Crippen LogP contribution is 2.41. The van der Waals surface area contributed by atoms with E-state index in [-0.39, 0.29) is 17.8 Å². The number of carboxylic acids is 1. The summed E-state index contributed by atoms with van der Waals surface area (Å²) < 4.78 is 0. The number of carbonyl (C=O) groups is 2. The van der Waals surface area contributed by atoms with Gasteiger partial charge in [0.25, 0.3) is 0 Å². The maximum absolute atomic E-state index is 12.9. The monoisotopic (exact) mass is 339 g/mol. The third kappa shape index (κ3) is 2.55. The highest BCUT2D eigenvalue weighted by molar-refractivity contribution is 6.05. The lowest BCUT2D eigenvalue weighted by atomic mass is 10.1. The summed E-state index contributed by atoms with van der Waals surface area (Å²) in [4.78, 5) is 36.4. The molecule has 4 rings (SSSR count). The van der Waals surface area contributed by atoms with E-state index in [1.54, 1.807) is 35.4 Å². The van der Waals surface area contributed by atoms with Gasteiger partial charge in [-0.2, -0.15) is 0 Å². The number of pyridine rings is 2. The first-order chi connectivity index (χ1) is 12.0. The SMILES string of the molecule is Cc1cc(C(=O)O)nc2c1N1CCC(C1)N2C(=O)Nc1ccccn1. The van der Waals surface area contributed by atoms with Crippen molar-refractivity contribution < 1.29 is 14.7 Å². The van der Waals surface area contributed by atoms with Crippen molar-refractivity contribution in [2.24, 2.45) is 0 Å². The summed E-state index contributed by atoms with van der Waals surface area (Å²) in [5, 5.41) is 12.1. The minimum absolute atomic E-state index is 0.0350. The molecule has 1 unspecified atom stereocenters. The van der Waals surface area contributed by atoms with Crippen LogP contribution < -0.4 is 15.1 Å². The van der Waals surface area contributed by atoms with Crippen LogP contribution in [0, 0.1) is 6.92 Å². The zero-order valence-electron chi connectivity index (χ0n) is 13.6. The molecular weight excluding hydrogens is 322 g/mol. The van der Waals surface area contributed by atoms with Gasteiger partial charge >= 0.3 is 12.0 Å². The van der Waals surface area contributed by atoms with E-state index in [9.17, 15) is 14.7 Å². The molecule has 2 aliphatic rings. The first kappa shape index (κ1) is 15.4. The van der Waals surface area contributed by atoms with Gasteiger partial charge in [0.2, 0.25) is 0 Å². The summed E-state index contributed by atoms with van der Waals surface area (Å²) in [7, 11) is 0. The summed E-state index contributed by atoms with van der Waals surface area (Å²) in [6.45, 7) is 3.39. The van der Waals surface area contributed by atoms with E-state index in [2.05, 4.69) is 20.2 Å². The second-order valence-electron chi connectivity index (χ2n) is 6.21. The number of carboxylic acid groups (broad SMARTS) is 1. The van der Waals surface area contributed by atoms with Gasteiger partial charge in [0.1, 0.15) is 5.82 Å². The maximum Gasteiger partial charge on any atom is 0.354 e. The molecule has 2 amide bonds. The van der Waals surface area contributed by atoms with Crippen LogP contribution in [0.1, 0.15) is 22.5 Å². The molecule has 0 radical (unpaired) electrons. The van der Waals surface area contributed by atoms with Gasteiger partial charge in [-0.25, -0.2) is 19.6 Å². The van der Waals surface area contributed by atoms with Gasteiger partial charge in [-0.3, -0.25) is 10.2 Å². The number of fused-ring (bicyclic) bond motifs is 4. The number of nitrogens with one attached hydrogen (secondary N) is 1. The van der Waals surface area contributed by atoms with Crippen LogP contribution in [-0.4, -0.2) is 46.2 Å². The molecule has 128 valence electrons.